The second-order valence-corrected chi connectivity index (χ2v) is 9.09. The second-order valence-electron chi connectivity index (χ2n) is 8.14. The molecule has 162 valence electrons. The topological polar surface area (TPSA) is 67.7 Å². The summed E-state index contributed by atoms with van der Waals surface area (Å²) in [6.45, 7) is 2.14. The van der Waals surface area contributed by atoms with Crippen molar-refractivity contribution in [3.63, 3.8) is 0 Å². The van der Waals surface area contributed by atoms with E-state index in [-0.39, 0.29) is 0 Å². The predicted octanol–water partition coefficient (Wildman–Crippen LogP) is 6.49. The van der Waals surface area contributed by atoms with Gasteiger partial charge in [-0.2, -0.15) is 5.10 Å². The third kappa shape index (κ3) is 3.29. The average Bonchev–Trinajstić information content (AvgIpc) is 3.42. The van der Waals surface area contributed by atoms with Crippen molar-refractivity contribution in [1.82, 2.24) is 19.7 Å². The van der Waals surface area contributed by atoms with Crippen molar-refractivity contribution in [2.75, 3.05) is 17.7 Å². The number of nitrogens with one attached hydrogen (secondary N) is 2. The summed E-state index contributed by atoms with van der Waals surface area (Å²) in [6.07, 6.45) is 1.87. The zero-order valence-corrected chi connectivity index (χ0v) is 19.4. The highest BCUT2D eigenvalue weighted by atomic mass is 32.1. The van der Waals surface area contributed by atoms with E-state index in [1.807, 2.05) is 25.0 Å². The second kappa shape index (κ2) is 7.56. The number of hydrogen-bond donors (Lipinski definition) is 2. The summed E-state index contributed by atoms with van der Waals surface area (Å²) in [6, 6.07) is 19.2. The Kier molecular flexibility index (Phi) is 4.52. The van der Waals surface area contributed by atoms with Crippen molar-refractivity contribution in [2.45, 2.75) is 6.92 Å². The van der Waals surface area contributed by atoms with Gasteiger partial charge in [-0.1, -0.05) is 12.1 Å². The first-order valence-electron chi connectivity index (χ1n) is 10.8. The van der Waals surface area contributed by atoms with Gasteiger partial charge in [0.25, 0.3) is 0 Å². The van der Waals surface area contributed by atoms with E-state index in [2.05, 4.69) is 87.5 Å². The van der Waals surface area contributed by atoms with Crippen LogP contribution in [0.5, 0.6) is 0 Å². The van der Waals surface area contributed by atoms with E-state index in [1.54, 1.807) is 11.3 Å². The van der Waals surface area contributed by atoms with Crippen LogP contribution in [0.3, 0.4) is 0 Å². The smallest absolute Gasteiger partial charge is 0.222 e. The largest absolute Gasteiger partial charge is 0.357 e. The van der Waals surface area contributed by atoms with Crippen molar-refractivity contribution < 1.29 is 0 Å². The number of nitrogens with zero attached hydrogens (tertiary/aromatic N) is 4. The van der Waals surface area contributed by atoms with Gasteiger partial charge in [0.15, 0.2) is 5.82 Å². The fourth-order valence-corrected chi connectivity index (χ4v) is 5.19. The maximum Gasteiger partial charge on any atom is 0.222 e. The van der Waals surface area contributed by atoms with Gasteiger partial charge in [-0.3, -0.25) is 4.68 Å². The maximum atomic E-state index is 4.84. The molecule has 3 aromatic heterocycles. The van der Waals surface area contributed by atoms with Crippen LogP contribution in [-0.4, -0.2) is 26.8 Å². The molecule has 6 aromatic rings. The molecule has 0 radical (unpaired) electrons. The number of fused-ring (bicyclic) bond motifs is 3. The van der Waals surface area contributed by atoms with E-state index in [4.69, 9.17) is 5.10 Å². The molecule has 0 atom stereocenters. The molecule has 6 rings (SSSR count). The van der Waals surface area contributed by atoms with E-state index in [9.17, 15) is 0 Å². The lowest BCUT2D eigenvalue weighted by Gasteiger charge is -2.11. The molecule has 0 aliphatic carbocycles. The Balaban J connectivity index is 1.48. The van der Waals surface area contributed by atoms with Crippen LogP contribution in [0.2, 0.25) is 0 Å². The van der Waals surface area contributed by atoms with Crippen LogP contribution >= 0.6 is 11.3 Å². The van der Waals surface area contributed by atoms with Crippen molar-refractivity contribution >= 4 is 60.7 Å². The molecule has 0 unspecified atom stereocenters. The first kappa shape index (κ1) is 19.7. The van der Waals surface area contributed by atoms with E-state index in [1.165, 1.54) is 21.2 Å². The van der Waals surface area contributed by atoms with Gasteiger partial charge in [0, 0.05) is 47.0 Å². The third-order valence-electron chi connectivity index (χ3n) is 6.02. The number of benzene rings is 3. The standard InChI is InChI=1S/C26H22N6S/c1-15-4-7-20-24(23(15)17-5-8-21-18(12-17)14-28-26(27-2)30-21)32(3)31-25(20)29-19-6-9-22-16(13-19)10-11-33-22/h4-14H,1-3H3,(H,29,31)(H,27,28,30). The third-order valence-corrected chi connectivity index (χ3v) is 6.92. The predicted molar refractivity (Wildman–Crippen MR) is 139 cm³/mol. The van der Waals surface area contributed by atoms with Crippen LogP contribution in [0.4, 0.5) is 17.5 Å². The Bertz CT molecular complexity index is 1660. The Labute approximate surface area is 194 Å². The molecular weight excluding hydrogens is 428 g/mol. The molecule has 7 heteroatoms. The van der Waals surface area contributed by atoms with Gasteiger partial charge < -0.3 is 10.6 Å². The molecule has 3 heterocycles. The van der Waals surface area contributed by atoms with E-state index < -0.39 is 0 Å². The average molecular weight is 451 g/mol. The minimum absolute atomic E-state index is 0.622. The monoisotopic (exact) mass is 450 g/mol. The molecule has 6 nitrogen and oxygen atoms in total. The molecule has 0 amide bonds. The summed E-state index contributed by atoms with van der Waals surface area (Å²) in [5, 5.41) is 16.8. The van der Waals surface area contributed by atoms with E-state index in [0.717, 1.165) is 38.9 Å². The van der Waals surface area contributed by atoms with Gasteiger partial charge in [0.2, 0.25) is 5.95 Å². The summed E-state index contributed by atoms with van der Waals surface area (Å²) in [4.78, 5) is 8.93. The maximum absolute atomic E-state index is 4.84. The summed E-state index contributed by atoms with van der Waals surface area (Å²) in [5.41, 5.74) is 6.54. The van der Waals surface area contributed by atoms with E-state index >= 15 is 0 Å². The van der Waals surface area contributed by atoms with E-state index in [0.29, 0.717) is 5.95 Å². The fourth-order valence-electron chi connectivity index (χ4n) is 4.42. The number of thiophene rings is 1. The highest BCUT2D eigenvalue weighted by Gasteiger charge is 2.17. The van der Waals surface area contributed by atoms with Gasteiger partial charge >= 0.3 is 0 Å². The zero-order chi connectivity index (χ0) is 22.5. The molecule has 0 spiro atoms. The number of anilines is 3. The van der Waals surface area contributed by atoms with Gasteiger partial charge in [-0.05, 0) is 71.3 Å². The van der Waals surface area contributed by atoms with Crippen molar-refractivity contribution in [1.29, 1.82) is 0 Å². The summed E-state index contributed by atoms with van der Waals surface area (Å²) in [7, 11) is 3.83. The first-order valence-corrected chi connectivity index (χ1v) is 11.6. The Morgan fingerprint density at radius 1 is 0.970 bits per heavy atom. The van der Waals surface area contributed by atoms with Crippen LogP contribution in [0.15, 0.2) is 66.2 Å². The molecular formula is C26H22N6S. The Morgan fingerprint density at radius 2 is 1.88 bits per heavy atom. The van der Waals surface area contributed by atoms with Gasteiger partial charge in [0.1, 0.15) is 0 Å². The number of aryl methyl sites for hydroxylation is 2. The number of hydrogen-bond acceptors (Lipinski definition) is 6. The van der Waals surface area contributed by atoms with Crippen LogP contribution in [0.1, 0.15) is 5.56 Å². The SMILES string of the molecule is CNc1ncc2cc(-c3c(C)ccc4c(Nc5ccc6sccc6c5)nn(C)c34)ccc2n1. The van der Waals surface area contributed by atoms with Crippen molar-refractivity contribution in [3.05, 3.63) is 71.7 Å². The lowest BCUT2D eigenvalue weighted by molar-refractivity contribution is 0.801. The quantitative estimate of drug-likeness (QED) is 0.321. The molecule has 0 saturated heterocycles. The summed E-state index contributed by atoms with van der Waals surface area (Å²) < 4.78 is 3.25. The minimum atomic E-state index is 0.622. The van der Waals surface area contributed by atoms with Crippen molar-refractivity contribution in [3.8, 4) is 11.1 Å². The highest BCUT2D eigenvalue weighted by molar-refractivity contribution is 7.17. The fraction of sp³-hybridized carbons (Fsp3) is 0.115. The van der Waals surface area contributed by atoms with Crippen LogP contribution in [0, 0.1) is 6.92 Å². The molecule has 0 bridgehead atoms. The Morgan fingerprint density at radius 3 is 2.76 bits per heavy atom. The molecule has 0 aliphatic heterocycles. The van der Waals surface area contributed by atoms with Gasteiger partial charge in [-0.25, -0.2) is 9.97 Å². The van der Waals surface area contributed by atoms with Crippen LogP contribution in [0.25, 0.3) is 43.0 Å². The molecule has 0 aliphatic rings. The molecule has 3 aromatic carbocycles. The molecule has 33 heavy (non-hydrogen) atoms. The molecule has 0 saturated carbocycles. The van der Waals surface area contributed by atoms with Crippen LogP contribution < -0.4 is 10.6 Å². The number of rotatable bonds is 4. The van der Waals surface area contributed by atoms with Gasteiger partial charge in [0.05, 0.1) is 11.0 Å². The Hall–Kier alpha value is -3.97. The number of aromatic nitrogens is 4. The van der Waals surface area contributed by atoms with Crippen molar-refractivity contribution in [2.24, 2.45) is 7.05 Å². The van der Waals surface area contributed by atoms with Gasteiger partial charge in [-0.15, -0.1) is 11.3 Å². The molecule has 2 N–H and O–H groups in total. The lowest BCUT2D eigenvalue weighted by atomic mass is 9.96. The lowest BCUT2D eigenvalue weighted by Crippen LogP contribution is -1.97. The normalized spacial score (nSPS) is 11.5. The highest BCUT2D eigenvalue weighted by Crippen LogP contribution is 2.37. The van der Waals surface area contributed by atoms with Crippen LogP contribution in [-0.2, 0) is 7.05 Å². The first-order chi connectivity index (χ1) is 16.1. The molecule has 0 fully saturated rings. The minimum Gasteiger partial charge on any atom is -0.357 e. The zero-order valence-electron chi connectivity index (χ0n) is 18.5. The summed E-state index contributed by atoms with van der Waals surface area (Å²) >= 11 is 1.75. The summed E-state index contributed by atoms with van der Waals surface area (Å²) in [5.74, 6) is 1.47.